The van der Waals surface area contributed by atoms with Gasteiger partial charge in [-0.15, -0.1) is 0 Å². The summed E-state index contributed by atoms with van der Waals surface area (Å²) in [5.74, 6) is 0.791. The highest BCUT2D eigenvalue weighted by Crippen LogP contribution is 2.21. The third-order valence-electron chi connectivity index (χ3n) is 4.48. The van der Waals surface area contributed by atoms with Crippen molar-refractivity contribution in [2.45, 2.75) is 17.5 Å². The summed E-state index contributed by atoms with van der Waals surface area (Å²) >= 11 is 0. The van der Waals surface area contributed by atoms with Gasteiger partial charge in [-0.3, -0.25) is 9.67 Å². The largest absolute Gasteiger partial charge is 0.370 e. The molecule has 3 rings (SSSR count). The number of ether oxygens (including phenoxy) is 1. The van der Waals surface area contributed by atoms with Gasteiger partial charge < -0.3 is 15.0 Å². The molecule has 1 fully saturated rings. The lowest BCUT2D eigenvalue weighted by Gasteiger charge is -2.34. The lowest BCUT2D eigenvalue weighted by atomic mass is 10.1. The summed E-state index contributed by atoms with van der Waals surface area (Å²) in [5.41, 5.74) is 2.04. The van der Waals surface area contributed by atoms with E-state index in [4.69, 9.17) is 4.74 Å². The van der Waals surface area contributed by atoms with Gasteiger partial charge in [0.25, 0.3) is 0 Å². The van der Waals surface area contributed by atoms with Crippen molar-refractivity contribution in [2.75, 3.05) is 33.0 Å². The highest BCUT2D eigenvalue weighted by atomic mass is 32.2. The minimum atomic E-state index is -3.18. The number of guanidine groups is 1. The third-order valence-corrected chi connectivity index (χ3v) is 5.61. The molecule has 9 heteroatoms. The highest BCUT2D eigenvalue weighted by molar-refractivity contribution is 7.90. The monoisotopic (exact) mass is 391 g/mol. The smallest absolute Gasteiger partial charge is 0.194 e. The fourth-order valence-electron chi connectivity index (χ4n) is 3.02. The van der Waals surface area contributed by atoms with Gasteiger partial charge in [-0.2, -0.15) is 5.10 Å². The first-order valence-corrected chi connectivity index (χ1v) is 10.6. The van der Waals surface area contributed by atoms with E-state index in [2.05, 4.69) is 20.3 Å². The number of aryl methyl sites for hydroxylation is 1. The molecule has 1 saturated heterocycles. The van der Waals surface area contributed by atoms with Gasteiger partial charge in [0.2, 0.25) is 0 Å². The van der Waals surface area contributed by atoms with E-state index in [1.807, 2.05) is 31.6 Å². The van der Waals surface area contributed by atoms with Crippen molar-refractivity contribution < 1.29 is 13.2 Å². The molecule has 1 aromatic carbocycles. The summed E-state index contributed by atoms with van der Waals surface area (Å²) in [6.45, 7) is 2.62. The molecular formula is C18H25N5O3S. The van der Waals surface area contributed by atoms with Crippen molar-refractivity contribution in [3.8, 4) is 0 Å². The zero-order chi connectivity index (χ0) is 19.4. The molecule has 0 bridgehead atoms. The Morgan fingerprint density at radius 2 is 2.11 bits per heavy atom. The van der Waals surface area contributed by atoms with Gasteiger partial charge in [-0.05, 0) is 17.7 Å². The Labute approximate surface area is 159 Å². The number of benzene rings is 1. The Hall–Kier alpha value is -2.39. The minimum Gasteiger partial charge on any atom is -0.370 e. The third kappa shape index (κ3) is 4.86. The van der Waals surface area contributed by atoms with Crippen molar-refractivity contribution in [3.05, 3.63) is 47.8 Å². The summed E-state index contributed by atoms with van der Waals surface area (Å²) in [4.78, 5) is 6.86. The minimum absolute atomic E-state index is 0.0416. The number of aliphatic imine (C=N–C) groups is 1. The fourth-order valence-corrected chi connectivity index (χ4v) is 3.65. The average molecular weight is 391 g/mol. The molecule has 0 amide bonds. The molecule has 1 N–H and O–H groups in total. The van der Waals surface area contributed by atoms with Crippen LogP contribution in [-0.4, -0.2) is 62.1 Å². The highest BCUT2D eigenvalue weighted by Gasteiger charge is 2.25. The standard InChI is InChI=1S/C18H25N5O3S/c1-19-18(20-10-14-4-6-16(7-5-14)27(3,24)25)23-8-9-26-17(13-23)15-11-21-22(2)12-15/h4-7,11-12,17H,8-10,13H2,1-3H3,(H,19,20). The first-order chi connectivity index (χ1) is 12.9. The molecule has 2 aromatic rings. The SMILES string of the molecule is CN=C(NCc1ccc(S(C)(=O)=O)cc1)N1CCOC(c2cnn(C)c2)C1. The molecule has 1 atom stereocenters. The lowest BCUT2D eigenvalue weighted by Crippen LogP contribution is -2.47. The normalized spacial score (nSPS) is 18.6. The Morgan fingerprint density at radius 1 is 1.37 bits per heavy atom. The predicted molar refractivity (Wildman–Crippen MR) is 103 cm³/mol. The van der Waals surface area contributed by atoms with Gasteiger partial charge in [0.1, 0.15) is 6.10 Å². The number of rotatable bonds is 4. The second kappa shape index (κ2) is 8.10. The van der Waals surface area contributed by atoms with Crippen molar-refractivity contribution in [3.63, 3.8) is 0 Å². The van der Waals surface area contributed by atoms with Crippen LogP contribution in [0.3, 0.4) is 0 Å². The molecule has 1 aliphatic rings. The first kappa shape index (κ1) is 19.4. The Balaban J connectivity index is 1.61. The summed E-state index contributed by atoms with van der Waals surface area (Å²) in [7, 11) is 0.466. The van der Waals surface area contributed by atoms with E-state index in [0.717, 1.165) is 23.6 Å². The number of nitrogens with one attached hydrogen (secondary N) is 1. The van der Waals surface area contributed by atoms with E-state index < -0.39 is 9.84 Å². The average Bonchev–Trinajstić information content (AvgIpc) is 3.09. The quantitative estimate of drug-likeness (QED) is 0.617. The van der Waals surface area contributed by atoms with Crippen LogP contribution < -0.4 is 5.32 Å². The van der Waals surface area contributed by atoms with E-state index >= 15 is 0 Å². The van der Waals surface area contributed by atoms with Gasteiger partial charge in [0.05, 0.1) is 24.2 Å². The van der Waals surface area contributed by atoms with Crippen LogP contribution in [-0.2, 0) is 28.2 Å². The molecule has 8 nitrogen and oxygen atoms in total. The van der Waals surface area contributed by atoms with E-state index in [0.29, 0.717) is 24.6 Å². The number of hydrogen-bond acceptors (Lipinski definition) is 5. The molecule has 0 saturated carbocycles. The molecule has 1 aromatic heterocycles. The molecule has 0 radical (unpaired) electrons. The van der Waals surface area contributed by atoms with Gasteiger partial charge in [-0.1, -0.05) is 12.1 Å². The summed E-state index contributed by atoms with van der Waals surface area (Å²) in [6, 6.07) is 6.88. The van der Waals surface area contributed by atoms with E-state index in [1.54, 1.807) is 23.9 Å². The van der Waals surface area contributed by atoms with Crippen molar-refractivity contribution in [1.82, 2.24) is 20.0 Å². The zero-order valence-corrected chi connectivity index (χ0v) is 16.6. The topological polar surface area (TPSA) is 88.8 Å². The summed E-state index contributed by atoms with van der Waals surface area (Å²) in [6.07, 6.45) is 4.96. The molecule has 2 heterocycles. The zero-order valence-electron chi connectivity index (χ0n) is 15.8. The molecule has 0 aliphatic carbocycles. The maximum Gasteiger partial charge on any atom is 0.194 e. The summed E-state index contributed by atoms with van der Waals surface area (Å²) in [5, 5.41) is 7.55. The Kier molecular flexibility index (Phi) is 5.81. The molecule has 0 spiro atoms. The van der Waals surface area contributed by atoms with Crippen LogP contribution in [0.25, 0.3) is 0 Å². The van der Waals surface area contributed by atoms with Crippen LogP contribution in [0.4, 0.5) is 0 Å². The predicted octanol–water partition coefficient (Wildman–Crippen LogP) is 0.973. The Morgan fingerprint density at radius 3 is 2.70 bits per heavy atom. The number of morpholine rings is 1. The number of hydrogen-bond donors (Lipinski definition) is 1. The van der Waals surface area contributed by atoms with Crippen LogP contribution >= 0.6 is 0 Å². The number of aromatic nitrogens is 2. The van der Waals surface area contributed by atoms with E-state index in [9.17, 15) is 8.42 Å². The maximum absolute atomic E-state index is 11.6. The molecule has 1 aliphatic heterocycles. The molecule has 146 valence electrons. The summed E-state index contributed by atoms with van der Waals surface area (Å²) < 4.78 is 30.8. The van der Waals surface area contributed by atoms with Crippen molar-refractivity contribution >= 4 is 15.8 Å². The second-order valence-corrected chi connectivity index (χ2v) is 8.59. The Bertz CT molecular complexity index is 905. The maximum atomic E-state index is 11.6. The van der Waals surface area contributed by atoms with Crippen LogP contribution in [0.2, 0.25) is 0 Å². The van der Waals surface area contributed by atoms with E-state index in [1.165, 1.54) is 6.26 Å². The number of sulfone groups is 1. The van der Waals surface area contributed by atoms with Crippen molar-refractivity contribution in [1.29, 1.82) is 0 Å². The van der Waals surface area contributed by atoms with Crippen LogP contribution in [0, 0.1) is 0 Å². The van der Waals surface area contributed by atoms with Crippen LogP contribution in [0.1, 0.15) is 17.2 Å². The lowest BCUT2D eigenvalue weighted by molar-refractivity contribution is -0.00805. The first-order valence-electron chi connectivity index (χ1n) is 8.71. The van der Waals surface area contributed by atoms with Crippen LogP contribution in [0.15, 0.2) is 46.5 Å². The fraction of sp³-hybridized carbons (Fsp3) is 0.444. The van der Waals surface area contributed by atoms with E-state index in [-0.39, 0.29) is 6.10 Å². The number of nitrogens with zero attached hydrogens (tertiary/aromatic N) is 4. The molecule has 27 heavy (non-hydrogen) atoms. The second-order valence-electron chi connectivity index (χ2n) is 6.57. The van der Waals surface area contributed by atoms with Crippen LogP contribution in [0.5, 0.6) is 0 Å². The van der Waals surface area contributed by atoms with Gasteiger partial charge in [0.15, 0.2) is 15.8 Å². The van der Waals surface area contributed by atoms with Gasteiger partial charge >= 0.3 is 0 Å². The molecular weight excluding hydrogens is 366 g/mol. The van der Waals surface area contributed by atoms with Crippen molar-refractivity contribution in [2.24, 2.45) is 12.0 Å². The van der Waals surface area contributed by atoms with Gasteiger partial charge in [0, 0.05) is 45.2 Å². The van der Waals surface area contributed by atoms with Gasteiger partial charge in [-0.25, -0.2) is 8.42 Å². The molecule has 1 unspecified atom stereocenters.